The van der Waals surface area contributed by atoms with Gasteiger partial charge in [0, 0.05) is 5.92 Å². The Hall–Kier alpha value is -0.970. The van der Waals surface area contributed by atoms with Crippen molar-refractivity contribution in [3.63, 3.8) is 0 Å². The van der Waals surface area contributed by atoms with Crippen molar-refractivity contribution >= 4 is 22.3 Å². The van der Waals surface area contributed by atoms with E-state index in [-0.39, 0.29) is 5.92 Å². The van der Waals surface area contributed by atoms with Gasteiger partial charge in [0.1, 0.15) is 5.01 Å². The number of anilines is 1. The molecule has 0 aromatic carbocycles. The van der Waals surface area contributed by atoms with Crippen molar-refractivity contribution in [1.29, 1.82) is 5.41 Å². The van der Waals surface area contributed by atoms with Crippen molar-refractivity contribution in [3.8, 4) is 0 Å². The van der Waals surface area contributed by atoms with Crippen LogP contribution in [0.4, 0.5) is 5.13 Å². The number of aromatic nitrogens is 2. The minimum Gasteiger partial charge on any atom is -0.308 e. The zero-order valence-electron chi connectivity index (χ0n) is 7.46. The Morgan fingerprint density at radius 2 is 2.25 bits per heavy atom. The molecular weight excluding hydrogens is 172 g/mol. The standard InChI is InChI=1S/C7H12N4S/c1-4(2)6(8)11-7(9)12-5(3)10-11/h4,8-9H,1-3H3/p+1. The zero-order chi connectivity index (χ0) is 9.30. The molecule has 1 aromatic heterocycles. The molecule has 0 spiro atoms. The highest BCUT2D eigenvalue weighted by Crippen LogP contribution is 2.08. The molecule has 0 atom stereocenters. The molecule has 5 heteroatoms. The predicted octanol–water partition coefficient (Wildman–Crippen LogP) is 0.803. The quantitative estimate of drug-likeness (QED) is 0.386. The van der Waals surface area contributed by atoms with Crippen LogP contribution in [0.1, 0.15) is 18.9 Å². The minimum absolute atomic E-state index is 0.152. The lowest BCUT2D eigenvalue weighted by Gasteiger charge is -1.99. The summed E-state index contributed by atoms with van der Waals surface area (Å²) in [4.78, 5) is 0. The molecule has 0 aliphatic heterocycles. The topological polar surface area (TPSA) is 66.6 Å². The smallest absolute Gasteiger partial charge is 0.303 e. The summed E-state index contributed by atoms with van der Waals surface area (Å²) in [6.07, 6.45) is 0. The van der Waals surface area contributed by atoms with E-state index in [1.165, 1.54) is 16.0 Å². The van der Waals surface area contributed by atoms with Gasteiger partial charge in [-0.2, -0.15) is 5.41 Å². The lowest BCUT2D eigenvalue weighted by atomic mass is 10.2. The highest BCUT2D eigenvalue weighted by Gasteiger charge is 2.18. The van der Waals surface area contributed by atoms with E-state index in [4.69, 9.17) is 11.1 Å². The van der Waals surface area contributed by atoms with Crippen LogP contribution < -0.4 is 10.4 Å². The minimum atomic E-state index is 0.152. The van der Waals surface area contributed by atoms with E-state index in [0.717, 1.165) is 5.01 Å². The van der Waals surface area contributed by atoms with Crippen LogP contribution in [-0.4, -0.2) is 10.9 Å². The monoisotopic (exact) mass is 185 g/mol. The number of nitrogens with two attached hydrogens (primary N) is 1. The van der Waals surface area contributed by atoms with Crippen LogP contribution in [0.3, 0.4) is 0 Å². The van der Waals surface area contributed by atoms with Crippen molar-refractivity contribution in [2.75, 3.05) is 5.73 Å². The first-order chi connectivity index (χ1) is 5.52. The number of rotatable bonds is 1. The summed E-state index contributed by atoms with van der Waals surface area (Å²) in [5, 5.41) is 13.2. The molecule has 66 valence electrons. The molecule has 1 rings (SSSR count). The van der Waals surface area contributed by atoms with Crippen molar-refractivity contribution in [1.82, 2.24) is 5.10 Å². The maximum absolute atomic E-state index is 7.67. The summed E-state index contributed by atoms with van der Waals surface area (Å²) in [6, 6.07) is 0. The van der Waals surface area contributed by atoms with E-state index in [0.29, 0.717) is 11.0 Å². The molecule has 0 aliphatic carbocycles. The van der Waals surface area contributed by atoms with Crippen molar-refractivity contribution < 1.29 is 4.68 Å². The van der Waals surface area contributed by atoms with E-state index in [2.05, 4.69) is 5.10 Å². The molecule has 4 nitrogen and oxygen atoms in total. The molecule has 1 heterocycles. The molecule has 0 saturated heterocycles. The van der Waals surface area contributed by atoms with Crippen LogP contribution in [0.5, 0.6) is 0 Å². The first-order valence-electron chi connectivity index (χ1n) is 3.76. The van der Waals surface area contributed by atoms with Gasteiger partial charge in [-0.05, 0) is 18.3 Å². The fraction of sp³-hybridized carbons (Fsp3) is 0.571. The van der Waals surface area contributed by atoms with Crippen LogP contribution >= 0.6 is 11.3 Å². The van der Waals surface area contributed by atoms with Crippen molar-refractivity contribution in [3.05, 3.63) is 5.01 Å². The van der Waals surface area contributed by atoms with E-state index in [1.807, 2.05) is 20.8 Å². The van der Waals surface area contributed by atoms with Gasteiger partial charge in [0.15, 0.2) is 0 Å². The summed E-state index contributed by atoms with van der Waals surface area (Å²) < 4.78 is 1.49. The van der Waals surface area contributed by atoms with Gasteiger partial charge >= 0.3 is 5.13 Å². The number of hydrogen-bond donors (Lipinski definition) is 2. The van der Waals surface area contributed by atoms with Gasteiger partial charge in [-0.3, -0.25) is 0 Å². The third kappa shape index (κ3) is 1.61. The van der Waals surface area contributed by atoms with Crippen LogP contribution in [0, 0.1) is 18.3 Å². The first-order valence-corrected chi connectivity index (χ1v) is 4.58. The van der Waals surface area contributed by atoms with Gasteiger partial charge in [0.2, 0.25) is 0 Å². The highest BCUT2D eigenvalue weighted by molar-refractivity contribution is 7.14. The number of hydrogen-bond acceptors (Lipinski definition) is 4. The average Bonchev–Trinajstić information content (AvgIpc) is 2.28. The number of nitrogens with zero attached hydrogens (tertiary/aromatic N) is 2. The first kappa shape index (κ1) is 9.12. The summed E-state index contributed by atoms with van der Waals surface area (Å²) in [5.74, 6) is 0.593. The number of nitrogen functional groups attached to an aromatic ring is 1. The molecule has 0 fully saturated rings. The van der Waals surface area contributed by atoms with Gasteiger partial charge < -0.3 is 5.73 Å². The number of nitrogens with one attached hydrogen (secondary N) is 1. The Labute approximate surface area is 75.5 Å². The van der Waals surface area contributed by atoms with Crippen LogP contribution in [0.2, 0.25) is 0 Å². The Morgan fingerprint density at radius 3 is 2.58 bits per heavy atom. The van der Waals surface area contributed by atoms with Gasteiger partial charge in [-0.25, -0.2) is 0 Å². The molecule has 0 saturated carbocycles. The Morgan fingerprint density at radius 1 is 1.67 bits per heavy atom. The summed E-state index contributed by atoms with van der Waals surface area (Å²) in [6.45, 7) is 5.78. The summed E-state index contributed by atoms with van der Waals surface area (Å²) in [5.41, 5.74) is 5.66. The maximum Gasteiger partial charge on any atom is 0.303 e. The van der Waals surface area contributed by atoms with Crippen LogP contribution in [-0.2, 0) is 0 Å². The van der Waals surface area contributed by atoms with Crippen molar-refractivity contribution in [2.45, 2.75) is 20.8 Å². The van der Waals surface area contributed by atoms with Gasteiger partial charge in [0.25, 0.3) is 5.84 Å². The molecule has 0 aliphatic rings. The third-order valence-corrected chi connectivity index (χ3v) is 2.24. The molecule has 1 aromatic rings. The molecule has 0 amide bonds. The zero-order valence-corrected chi connectivity index (χ0v) is 8.27. The summed E-state index contributed by atoms with van der Waals surface area (Å²) in [7, 11) is 0. The SMILES string of the molecule is Cc1n[n+](C(=N)C(C)C)c(N)s1. The van der Waals surface area contributed by atoms with Gasteiger partial charge in [0.05, 0.1) is 0 Å². The van der Waals surface area contributed by atoms with E-state index < -0.39 is 0 Å². The third-order valence-electron chi connectivity index (χ3n) is 1.48. The fourth-order valence-corrected chi connectivity index (χ4v) is 1.47. The predicted molar refractivity (Wildman–Crippen MR) is 49.4 cm³/mol. The summed E-state index contributed by atoms with van der Waals surface area (Å²) >= 11 is 1.40. The van der Waals surface area contributed by atoms with Gasteiger partial charge in [-0.1, -0.05) is 23.6 Å². The molecular formula is C7H13N4S+. The van der Waals surface area contributed by atoms with E-state index in [9.17, 15) is 0 Å². The van der Waals surface area contributed by atoms with E-state index in [1.54, 1.807) is 0 Å². The molecule has 0 bridgehead atoms. The molecule has 0 unspecified atom stereocenters. The maximum atomic E-state index is 7.67. The molecule has 12 heavy (non-hydrogen) atoms. The molecule has 0 radical (unpaired) electrons. The normalized spacial score (nSPS) is 10.7. The second-order valence-electron chi connectivity index (χ2n) is 2.91. The van der Waals surface area contributed by atoms with Crippen LogP contribution in [0.15, 0.2) is 0 Å². The van der Waals surface area contributed by atoms with Crippen molar-refractivity contribution in [2.24, 2.45) is 5.92 Å². The van der Waals surface area contributed by atoms with Gasteiger partial charge in [-0.15, -0.1) is 0 Å². The highest BCUT2D eigenvalue weighted by atomic mass is 32.1. The Kier molecular flexibility index (Phi) is 2.42. The number of aryl methyl sites for hydroxylation is 1. The Bertz CT molecular complexity index is 302. The second-order valence-corrected chi connectivity index (χ2v) is 4.12. The largest absolute Gasteiger partial charge is 0.308 e. The average molecular weight is 185 g/mol. The second kappa shape index (κ2) is 3.18. The lowest BCUT2D eigenvalue weighted by Crippen LogP contribution is -2.48. The van der Waals surface area contributed by atoms with E-state index >= 15 is 0 Å². The van der Waals surface area contributed by atoms with Crippen LogP contribution in [0.25, 0.3) is 0 Å². The molecule has 3 N–H and O–H groups in total. The lowest BCUT2D eigenvalue weighted by molar-refractivity contribution is -0.607. The fourth-order valence-electron chi connectivity index (χ4n) is 0.822. The Balaban J connectivity index is 3.02.